The lowest BCUT2D eigenvalue weighted by atomic mass is 9.81. The Morgan fingerprint density at radius 2 is 1.54 bits per heavy atom. The maximum atomic E-state index is 13.0. The van der Waals surface area contributed by atoms with E-state index in [1.807, 2.05) is 4.90 Å². The summed E-state index contributed by atoms with van der Waals surface area (Å²) in [6.07, 6.45) is 6.94. The second kappa shape index (κ2) is 8.17. The molecule has 26 heavy (non-hydrogen) atoms. The van der Waals surface area contributed by atoms with Crippen molar-refractivity contribution in [3.05, 3.63) is 0 Å². The van der Waals surface area contributed by atoms with Crippen LogP contribution in [0.25, 0.3) is 0 Å². The van der Waals surface area contributed by atoms with Gasteiger partial charge in [-0.2, -0.15) is 4.31 Å². The molecule has 1 saturated heterocycles. The van der Waals surface area contributed by atoms with Crippen LogP contribution in [0, 0.1) is 23.7 Å². The van der Waals surface area contributed by atoms with Gasteiger partial charge in [0.2, 0.25) is 15.9 Å². The smallest absolute Gasteiger partial charge is 0.225 e. The van der Waals surface area contributed by atoms with E-state index in [1.165, 1.54) is 6.42 Å². The van der Waals surface area contributed by atoms with Gasteiger partial charge in [-0.15, -0.1) is 0 Å². The Balaban J connectivity index is 1.55. The van der Waals surface area contributed by atoms with Gasteiger partial charge < -0.3 is 4.90 Å². The van der Waals surface area contributed by atoms with E-state index >= 15 is 0 Å². The summed E-state index contributed by atoms with van der Waals surface area (Å²) in [5.41, 5.74) is 0. The summed E-state index contributed by atoms with van der Waals surface area (Å²) >= 11 is 0. The van der Waals surface area contributed by atoms with Gasteiger partial charge in [0.05, 0.1) is 5.25 Å². The van der Waals surface area contributed by atoms with E-state index in [2.05, 4.69) is 20.8 Å². The van der Waals surface area contributed by atoms with Crippen LogP contribution in [0.1, 0.15) is 65.7 Å². The summed E-state index contributed by atoms with van der Waals surface area (Å²) in [4.78, 5) is 14.7. The van der Waals surface area contributed by atoms with Crippen molar-refractivity contribution in [2.75, 3.05) is 26.2 Å². The van der Waals surface area contributed by atoms with Crippen LogP contribution in [0.3, 0.4) is 0 Å². The zero-order chi connectivity index (χ0) is 18.9. The van der Waals surface area contributed by atoms with Crippen molar-refractivity contribution in [2.45, 2.75) is 71.0 Å². The standard InChI is InChI=1S/C20H36N2O3S/c1-15-5-4-6-18(13-15)20(23)21-9-11-22(12-10-21)26(24,25)19-8-7-16(2)17(3)14-19/h15-19H,4-14H2,1-3H3. The highest BCUT2D eigenvalue weighted by atomic mass is 32.2. The Labute approximate surface area is 159 Å². The number of hydrogen-bond donors (Lipinski definition) is 0. The number of amides is 1. The first-order valence-electron chi connectivity index (χ1n) is 10.6. The number of piperazine rings is 1. The lowest BCUT2D eigenvalue weighted by Crippen LogP contribution is -2.54. The third kappa shape index (κ3) is 4.27. The Morgan fingerprint density at radius 3 is 2.15 bits per heavy atom. The van der Waals surface area contributed by atoms with Crippen molar-refractivity contribution in [3.8, 4) is 0 Å². The molecule has 5 atom stereocenters. The largest absolute Gasteiger partial charge is 0.340 e. The SMILES string of the molecule is CC1CCCC(C(=O)N2CCN(S(=O)(=O)C3CCC(C)C(C)C3)CC2)C1. The van der Waals surface area contributed by atoms with Gasteiger partial charge in [0, 0.05) is 32.1 Å². The quantitative estimate of drug-likeness (QED) is 0.751. The monoisotopic (exact) mass is 384 g/mol. The highest BCUT2D eigenvalue weighted by Gasteiger charge is 2.39. The molecule has 150 valence electrons. The minimum Gasteiger partial charge on any atom is -0.340 e. The predicted molar refractivity (Wildman–Crippen MR) is 104 cm³/mol. The van der Waals surface area contributed by atoms with Gasteiger partial charge in [-0.3, -0.25) is 4.79 Å². The van der Waals surface area contributed by atoms with Crippen LogP contribution in [0.5, 0.6) is 0 Å². The van der Waals surface area contributed by atoms with E-state index in [1.54, 1.807) is 4.31 Å². The first-order valence-corrected chi connectivity index (χ1v) is 12.1. The molecular weight excluding hydrogens is 348 g/mol. The third-order valence-corrected chi connectivity index (χ3v) is 9.52. The molecule has 5 nitrogen and oxygen atoms in total. The minimum absolute atomic E-state index is 0.155. The van der Waals surface area contributed by atoms with Gasteiger partial charge in [0.15, 0.2) is 0 Å². The molecule has 0 aromatic rings. The highest BCUT2D eigenvalue weighted by Crippen LogP contribution is 2.35. The highest BCUT2D eigenvalue weighted by molar-refractivity contribution is 7.89. The molecule has 0 N–H and O–H groups in total. The number of carbonyl (C=O) groups excluding carboxylic acids is 1. The van der Waals surface area contributed by atoms with Crippen molar-refractivity contribution >= 4 is 15.9 Å². The maximum Gasteiger partial charge on any atom is 0.225 e. The van der Waals surface area contributed by atoms with Gasteiger partial charge in [0.25, 0.3) is 0 Å². The summed E-state index contributed by atoms with van der Waals surface area (Å²) in [5, 5.41) is -0.227. The number of nitrogens with zero attached hydrogens (tertiary/aromatic N) is 2. The van der Waals surface area contributed by atoms with Crippen LogP contribution >= 0.6 is 0 Å². The molecule has 0 aromatic heterocycles. The fourth-order valence-corrected chi connectivity index (χ4v) is 7.13. The van der Waals surface area contributed by atoms with Crippen molar-refractivity contribution in [1.29, 1.82) is 0 Å². The van der Waals surface area contributed by atoms with Crippen LogP contribution in [0.15, 0.2) is 0 Å². The van der Waals surface area contributed by atoms with Gasteiger partial charge in [0.1, 0.15) is 0 Å². The van der Waals surface area contributed by atoms with E-state index in [4.69, 9.17) is 0 Å². The van der Waals surface area contributed by atoms with E-state index in [0.717, 1.165) is 38.5 Å². The molecule has 3 rings (SSSR count). The summed E-state index contributed by atoms with van der Waals surface area (Å²) < 4.78 is 27.7. The molecule has 5 unspecified atom stereocenters. The number of sulfonamides is 1. The van der Waals surface area contributed by atoms with Crippen molar-refractivity contribution in [1.82, 2.24) is 9.21 Å². The molecule has 0 spiro atoms. The first kappa shape index (κ1) is 20.1. The predicted octanol–water partition coefficient (Wildman–Crippen LogP) is 3.11. The molecule has 0 aromatic carbocycles. The van der Waals surface area contributed by atoms with Gasteiger partial charge in [-0.25, -0.2) is 8.42 Å². The third-order valence-electron chi connectivity index (χ3n) is 7.17. The topological polar surface area (TPSA) is 57.7 Å². The molecule has 3 fully saturated rings. The Bertz CT molecular complexity index is 598. The summed E-state index contributed by atoms with van der Waals surface area (Å²) in [6, 6.07) is 0. The summed E-state index contributed by atoms with van der Waals surface area (Å²) in [7, 11) is -3.23. The van der Waals surface area contributed by atoms with Gasteiger partial charge in [-0.1, -0.05) is 33.6 Å². The molecule has 2 saturated carbocycles. The Kier molecular flexibility index (Phi) is 6.33. The van der Waals surface area contributed by atoms with Crippen molar-refractivity contribution < 1.29 is 13.2 Å². The normalized spacial score (nSPS) is 37.5. The molecule has 6 heteroatoms. The lowest BCUT2D eigenvalue weighted by Gasteiger charge is -2.40. The number of hydrogen-bond acceptors (Lipinski definition) is 3. The first-order chi connectivity index (χ1) is 12.3. The fourth-order valence-electron chi connectivity index (χ4n) is 5.06. The van der Waals surface area contributed by atoms with E-state index < -0.39 is 10.0 Å². The van der Waals surface area contributed by atoms with E-state index in [-0.39, 0.29) is 17.1 Å². The molecule has 1 aliphatic heterocycles. The molecular formula is C20H36N2O3S. The molecule has 1 heterocycles. The molecule has 0 bridgehead atoms. The second-order valence-electron chi connectivity index (χ2n) is 9.13. The van der Waals surface area contributed by atoms with Crippen molar-refractivity contribution in [2.24, 2.45) is 23.7 Å². The average molecular weight is 385 g/mol. The van der Waals surface area contributed by atoms with Crippen LogP contribution in [0.4, 0.5) is 0 Å². The lowest BCUT2D eigenvalue weighted by molar-refractivity contribution is -0.138. The fraction of sp³-hybridized carbons (Fsp3) is 0.950. The average Bonchev–Trinajstić information content (AvgIpc) is 2.63. The summed E-state index contributed by atoms with van der Waals surface area (Å²) in [6.45, 7) is 8.69. The van der Waals surface area contributed by atoms with E-state index in [0.29, 0.717) is 43.9 Å². The zero-order valence-electron chi connectivity index (χ0n) is 16.7. The van der Waals surface area contributed by atoms with Crippen LogP contribution in [-0.2, 0) is 14.8 Å². The molecule has 1 amide bonds. The van der Waals surface area contributed by atoms with Crippen molar-refractivity contribution in [3.63, 3.8) is 0 Å². The van der Waals surface area contributed by atoms with Crippen LogP contribution in [0.2, 0.25) is 0 Å². The Hall–Kier alpha value is -0.620. The summed E-state index contributed by atoms with van der Waals surface area (Å²) in [5.74, 6) is 2.14. The van der Waals surface area contributed by atoms with Crippen LogP contribution < -0.4 is 0 Å². The minimum atomic E-state index is -3.23. The number of rotatable bonds is 3. The number of carbonyl (C=O) groups is 1. The Morgan fingerprint density at radius 1 is 0.846 bits per heavy atom. The second-order valence-corrected chi connectivity index (χ2v) is 11.3. The van der Waals surface area contributed by atoms with Crippen LogP contribution in [-0.4, -0.2) is 55.0 Å². The van der Waals surface area contributed by atoms with E-state index in [9.17, 15) is 13.2 Å². The zero-order valence-corrected chi connectivity index (χ0v) is 17.5. The molecule has 3 aliphatic rings. The molecule has 0 radical (unpaired) electrons. The molecule has 2 aliphatic carbocycles. The maximum absolute atomic E-state index is 13.0. The van der Waals surface area contributed by atoms with Gasteiger partial charge in [-0.05, 0) is 49.9 Å². The van der Waals surface area contributed by atoms with Gasteiger partial charge >= 0.3 is 0 Å².